The molecule has 0 saturated heterocycles. The van der Waals surface area contributed by atoms with E-state index in [4.69, 9.17) is 15.9 Å². The first-order valence-electron chi connectivity index (χ1n) is 10.3. The van der Waals surface area contributed by atoms with Crippen LogP contribution in [0.25, 0.3) is 5.69 Å². The molecule has 4 N–H and O–H groups in total. The van der Waals surface area contributed by atoms with Gasteiger partial charge in [-0.05, 0) is 36.4 Å². The van der Waals surface area contributed by atoms with Gasteiger partial charge in [0.25, 0.3) is 5.91 Å². The van der Waals surface area contributed by atoms with Gasteiger partial charge < -0.3 is 20.4 Å². The van der Waals surface area contributed by atoms with Crippen molar-refractivity contribution in [1.82, 2.24) is 4.57 Å². The zero-order valence-corrected chi connectivity index (χ0v) is 17.6. The van der Waals surface area contributed by atoms with Crippen molar-refractivity contribution in [2.45, 2.75) is 6.10 Å². The maximum atomic E-state index is 13.2. The van der Waals surface area contributed by atoms with Crippen molar-refractivity contribution in [3.63, 3.8) is 0 Å². The van der Waals surface area contributed by atoms with Crippen LogP contribution in [0.2, 0.25) is 0 Å². The van der Waals surface area contributed by atoms with E-state index in [-0.39, 0.29) is 17.2 Å². The van der Waals surface area contributed by atoms with E-state index in [0.717, 1.165) is 5.69 Å². The molecule has 4 rings (SSSR count). The van der Waals surface area contributed by atoms with Gasteiger partial charge in [-0.1, -0.05) is 42.5 Å². The number of nitrogens with two attached hydrogens (primary N) is 1. The van der Waals surface area contributed by atoms with Crippen molar-refractivity contribution < 1.29 is 9.53 Å². The Balaban J connectivity index is 1.55. The van der Waals surface area contributed by atoms with Crippen LogP contribution in [0.4, 0.5) is 5.69 Å². The average molecular weight is 438 g/mol. The fourth-order valence-corrected chi connectivity index (χ4v) is 3.28. The van der Waals surface area contributed by atoms with Crippen LogP contribution in [0, 0.1) is 5.41 Å². The molecule has 33 heavy (non-hydrogen) atoms. The monoisotopic (exact) mass is 438 g/mol. The van der Waals surface area contributed by atoms with Crippen LogP contribution < -0.4 is 21.2 Å². The maximum absolute atomic E-state index is 13.2. The lowest BCUT2D eigenvalue weighted by Gasteiger charge is -2.20. The Kier molecular flexibility index (Phi) is 6.31. The highest BCUT2D eigenvalue weighted by Crippen LogP contribution is 2.25. The molecule has 7 nitrogen and oxygen atoms in total. The Hall–Kier alpha value is -4.65. The van der Waals surface area contributed by atoms with E-state index < -0.39 is 6.10 Å². The third-order valence-corrected chi connectivity index (χ3v) is 4.97. The van der Waals surface area contributed by atoms with Gasteiger partial charge in [0.2, 0.25) is 6.10 Å². The lowest BCUT2D eigenvalue weighted by atomic mass is 10.1. The van der Waals surface area contributed by atoms with E-state index in [1.165, 1.54) is 12.1 Å². The largest absolute Gasteiger partial charge is 0.476 e. The second kappa shape index (κ2) is 9.65. The highest BCUT2D eigenvalue weighted by molar-refractivity contribution is 5.96. The van der Waals surface area contributed by atoms with Gasteiger partial charge in [0.1, 0.15) is 11.6 Å². The van der Waals surface area contributed by atoms with Crippen LogP contribution in [0.3, 0.4) is 0 Å². The average Bonchev–Trinajstić information content (AvgIpc) is 2.84. The fourth-order valence-electron chi connectivity index (χ4n) is 3.28. The Morgan fingerprint density at radius 1 is 0.909 bits per heavy atom. The summed E-state index contributed by atoms with van der Waals surface area (Å²) >= 11 is 0. The van der Waals surface area contributed by atoms with Crippen molar-refractivity contribution in [2.75, 3.05) is 5.32 Å². The zero-order valence-electron chi connectivity index (χ0n) is 17.6. The minimum atomic E-state index is -0.910. The SMILES string of the molecule is N=C(N)c1cccc(OC(C(=O)Nc2ccc(-n3ccc(=O)cc3)cc2)c2ccccc2)c1. The molecule has 0 bridgehead atoms. The van der Waals surface area contributed by atoms with Crippen molar-refractivity contribution in [2.24, 2.45) is 5.73 Å². The smallest absolute Gasteiger partial charge is 0.270 e. The van der Waals surface area contributed by atoms with Gasteiger partial charge in [-0.2, -0.15) is 0 Å². The molecule has 1 unspecified atom stereocenters. The Morgan fingerprint density at radius 3 is 2.27 bits per heavy atom. The number of hydrogen-bond acceptors (Lipinski definition) is 4. The van der Waals surface area contributed by atoms with Crippen molar-refractivity contribution >= 4 is 17.4 Å². The molecule has 0 aliphatic heterocycles. The second-order valence-corrected chi connectivity index (χ2v) is 7.33. The number of benzene rings is 3. The number of carbonyl (C=O) groups excluding carboxylic acids is 1. The molecule has 3 aromatic carbocycles. The molecule has 0 aliphatic carbocycles. The molecule has 0 fully saturated rings. The number of nitrogen functional groups attached to an aromatic ring is 1. The first-order valence-corrected chi connectivity index (χ1v) is 10.3. The minimum Gasteiger partial charge on any atom is -0.476 e. The summed E-state index contributed by atoms with van der Waals surface area (Å²) in [6, 6.07) is 26.2. The normalized spacial score (nSPS) is 11.4. The Labute approximate surface area is 190 Å². The first-order chi connectivity index (χ1) is 16.0. The minimum absolute atomic E-state index is 0.0593. The number of nitrogens with one attached hydrogen (secondary N) is 2. The van der Waals surface area contributed by atoms with Gasteiger partial charge in [-0.3, -0.25) is 15.0 Å². The van der Waals surface area contributed by atoms with E-state index in [9.17, 15) is 9.59 Å². The first kappa shape index (κ1) is 21.6. The molecule has 0 radical (unpaired) electrons. The lowest BCUT2D eigenvalue weighted by Crippen LogP contribution is -2.25. The summed E-state index contributed by atoms with van der Waals surface area (Å²) < 4.78 is 7.84. The zero-order chi connectivity index (χ0) is 23.2. The van der Waals surface area contributed by atoms with Gasteiger partial charge >= 0.3 is 0 Å². The summed E-state index contributed by atoms with van der Waals surface area (Å²) in [5.41, 5.74) is 8.18. The molecule has 0 saturated carbocycles. The number of anilines is 1. The topological polar surface area (TPSA) is 110 Å². The number of carbonyl (C=O) groups is 1. The van der Waals surface area contributed by atoms with Gasteiger partial charge in [0.15, 0.2) is 5.43 Å². The summed E-state index contributed by atoms with van der Waals surface area (Å²) in [5, 5.41) is 10.5. The predicted octanol–water partition coefficient (Wildman–Crippen LogP) is 3.88. The Bertz CT molecular complexity index is 1310. The van der Waals surface area contributed by atoms with Gasteiger partial charge in [-0.15, -0.1) is 0 Å². The van der Waals surface area contributed by atoms with Crippen LogP contribution in [-0.4, -0.2) is 16.3 Å². The standard InChI is InChI=1S/C26H22N4O3/c27-25(28)19-7-4-8-23(17-19)33-24(18-5-2-1-3-6-18)26(32)29-20-9-11-21(12-10-20)30-15-13-22(31)14-16-30/h1-17,24H,(H3,27,28)(H,29,32). The molecule has 1 amide bonds. The molecular formula is C26H22N4O3. The van der Waals surface area contributed by atoms with Gasteiger partial charge in [-0.25, -0.2) is 0 Å². The summed E-state index contributed by atoms with van der Waals surface area (Å²) in [7, 11) is 0. The predicted molar refractivity (Wildman–Crippen MR) is 128 cm³/mol. The number of pyridine rings is 1. The number of amidine groups is 1. The molecule has 0 spiro atoms. The number of amides is 1. The molecule has 1 atom stereocenters. The summed E-state index contributed by atoms with van der Waals surface area (Å²) in [6.45, 7) is 0. The maximum Gasteiger partial charge on any atom is 0.270 e. The molecule has 0 aliphatic rings. The van der Waals surface area contributed by atoms with Crippen molar-refractivity contribution in [1.29, 1.82) is 5.41 Å². The fraction of sp³-hybridized carbons (Fsp3) is 0.0385. The lowest BCUT2D eigenvalue weighted by molar-refractivity contribution is -0.123. The highest BCUT2D eigenvalue weighted by Gasteiger charge is 2.23. The molecule has 4 aromatic rings. The number of aromatic nitrogens is 1. The van der Waals surface area contributed by atoms with E-state index in [1.54, 1.807) is 48.8 Å². The van der Waals surface area contributed by atoms with E-state index in [2.05, 4.69) is 5.32 Å². The van der Waals surface area contributed by atoms with E-state index in [0.29, 0.717) is 22.6 Å². The second-order valence-electron chi connectivity index (χ2n) is 7.33. The van der Waals surface area contributed by atoms with E-state index >= 15 is 0 Å². The number of hydrogen-bond donors (Lipinski definition) is 3. The van der Waals surface area contributed by atoms with Crippen LogP contribution in [-0.2, 0) is 4.79 Å². The van der Waals surface area contributed by atoms with Gasteiger partial charge in [0, 0.05) is 47.0 Å². The van der Waals surface area contributed by atoms with Crippen molar-refractivity contribution in [3.05, 3.63) is 125 Å². The third kappa shape index (κ3) is 5.34. The Morgan fingerprint density at radius 2 is 1.61 bits per heavy atom. The summed E-state index contributed by atoms with van der Waals surface area (Å²) in [4.78, 5) is 24.5. The van der Waals surface area contributed by atoms with Crippen molar-refractivity contribution in [3.8, 4) is 11.4 Å². The van der Waals surface area contributed by atoms with E-state index in [1.807, 2.05) is 47.0 Å². The quantitative estimate of drug-likeness (QED) is 0.300. The van der Waals surface area contributed by atoms with Crippen LogP contribution in [0.1, 0.15) is 17.2 Å². The molecule has 7 heteroatoms. The molecule has 1 aromatic heterocycles. The number of rotatable bonds is 7. The number of nitrogens with zero attached hydrogens (tertiary/aromatic N) is 1. The highest BCUT2D eigenvalue weighted by atomic mass is 16.5. The van der Waals surface area contributed by atoms with Crippen LogP contribution in [0.5, 0.6) is 5.75 Å². The molecule has 1 heterocycles. The van der Waals surface area contributed by atoms with Gasteiger partial charge in [0.05, 0.1) is 0 Å². The summed E-state index contributed by atoms with van der Waals surface area (Å²) in [5.74, 6) is 0.00910. The number of ether oxygens (including phenoxy) is 1. The third-order valence-electron chi connectivity index (χ3n) is 4.97. The molecule has 164 valence electrons. The van der Waals surface area contributed by atoms with Crippen LogP contribution >= 0.6 is 0 Å². The summed E-state index contributed by atoms with van der Waals surface area (Å²) in [6.07, 6.45) is 2.46. The molecular weight excluding hydrogens is 416 g/mol. The van der Waals surface area contributed by atoms with Crippen LogP contribution in [0.15, 0.2) is 108 Å².